The van der Waals surface area contributed by atoms with Crippen LogP contribution in [0.4, 0.5) is 4.79 Å². The number of benzene rings is 2. The standard InChI is InChI=1S/C72H101N17O18/c1-3-4-5-9-17-52-67(100)83-54(37-49-40-78-64-50(49)16-12-26-74-64)65(98)79-42-59(91)81-51(18-10-11-25-75-72(105)88-30-28-87(29-31-88)44-63(96)97)66(99)85-55(38-62(94)95)71(104)89-27-13-19-56(89)69(102)80-41-58(90)77-43-61(93)86(2)57(36-46-14-7-6-8-15-46)70(103)84-53(68(101)82-52)35-47-20-22-48(23-21-47)39-76-60(92)45-107-34-33-106-32-24-73/h6-8,12,14-16,20-23,26,40,51-57H,3-5,9-11,13,17-19,24-25,27-39,41-45,73H2,1-2H3,(H,74,78)(H,75,105)(H,76,92)(H,77,90)(H,79,98)(H,80,102)(H,81,91)(H,82,101)(H,83,100)(H,84,103)(H,85,99)(H,94,95)(H,96,97)/t51-,52-,53-,54-,55-,56+,57-/m0/s1. The number of unbranched alkanes of at least 4 members (excludes halogenated alkanes) is 4. The van der Waals surface area contributed by atoms with Crippen LogP contribution in [0, 0.1) is 0 Å². The fraction of sp³-hybridized carbons (Fsp3) is 0.542. The first kappa shape index (κ1) is 83.6. The molecule has 35 nitrogen and oxygen atoms in total. The molecule has 3 fully saturated rings. The molecule has 35 heteroatoms. The quantitative estimate of drug-likeness (QED) is 0.0257. The van der Waals surface area contributed by atoms with E-state index in [1.807, 2.05) is 6.92 Å². The van der Waals surface area contributed by atoms with Gasteiger partial charge in [0.1, 0.15) is 54.5 Å². The second kappa shape index (κ2) is 43.7. The predicted molar refractivity (Wildman–Crippen MR) is 387 cm³/mol. The molecule has 0 aliphatic carbocycles. The average molecular weight is 1490 g/mol. The lowest BCUT2D eigenvalue weighted by Crippen LogP contribution is -2.60. The minimum absolute atomic E-state index is 0.0314. The van der Waals surface area contributed by atoms with Crippen LogP contribution in [0.15, 0.2) is 79.1 Å². The number of hydrogen-bond acceptors (Lipinski definition) is 19. The lowest BCUT2D eigenvalue weighted by molar-refractivity contribution is -0.146. The third-order valence-corrected chi connectivity index (χ3v) is 18.4. The summed E-state index contributed by atoms with van der Waals surface area (Å²) in [7, 11) is 1.33. The van der Waals surface area contributed by atoms with Gasteiger partial charge in [0.15, 0.2) is 0 Å². The Balaban J connectivity index is 1.20. The zero-order valence-electron chi connectivity index (χ0n) is 60.5. The summed E-state index contributed by atoms with van der Waals surface area (Å²) < 4.78 is 10.7. The monoisotopic (exact) mass is 1490 g/mol. The molecule has 3 aliphatic heterocycles. The summed E-state index contributed by atoms with van der Waals surface area (Å²) in [5.41, 5.74) is 8.20. The zero-order valence-corrected chi connectivity index (χ0v) is 60.5. The highest BCUT2D eigenvalue weighted by atomic mass is 16.5. The van der Waals surface area contributed by atoms with Gasteiger partial charge in [0, 0.05) is 96.4 Å². The fourth-order valence-corrected chi connectivity index (χ4v) is 12.5. The summed E-state index contributed by atoms with van der Waals surface area (Å²) in [6, 6.07) is 8.17. The van der Waals surface area contributed by atoms with E-state index < -0.39 is 145 Å². The molecule has 5 heterocycles. The Morgan fingerprint density at radius 1 is 0.598 bits per heavy atom. The molecule has 0 radical (unpaired) electrons. The minimum Gasteiger partial charge on any atom is -0.481 e. The van der Waals surface area contributed by atoms with Crippen molar-refractivity contribution in [2.24, 2.45) is 5.73 Å². The number of nitrogens with zero attached hydrogens (tertiary/aromatic N) is 5. The lowest BCUT2D eigenvalue weighted by atomic mass is 9.99. The Kier molecular flexibility index (Phi) is 34.2. The summed E-state index contributed by atoms with van der Waals surface area (Å²) in [4.78, 5) is 207. The third-order valence-electron chi connectivity index (χ3n) is 18.4. The van der Waals surface area contributed by atoms with Gasteiger partial charge in [0.25, 0.3) is 0 Å². The Hall–Kier alpha value is -10.7. The number of H-pyrrole nitrogens is 1. The largest absolute Gasteiger partial charge is 0.481 e. The van der Waals surface area contributed by atoms with Crippen molar-refractivity contribution in [2.45, 2.75) is 146 Å². The summed E-state index contributed by atoms with van der Waals surface area (Å²) >= 11 is 0. The molecule has 0 bridgehead atoms. The highest BCUT2D eigenvalue weighted by Gasteiger charge is 2.40. The van der Waals surface area contributed by atoms with E-state index in [2.05, 4.69) is 63.1 Å². The number of amides is 13. The number of urea groups is 1. The van der Waals surface area contributed by atoms with E-state index in [-0.39, 0.29) is 123 Å². The van der Waals surface area contributed by atoms with Crippen molar-refractivity contribution in [3.8, 4) is 0 Å². The number of aromatic nitrogens is 2. The molecule has 7 rings (SSSR count). The van der Waals surface area contributed by atoms with Gasteiger partial charge in [-0.2, -0.15) is 0 Å². The van der Waals surface area contributed by atoms with Gasteiger partial charge in [0.05, 0.1) is 52.4 Å². The van der Waals surface area contributed by atoms with Gasteiger partial charge >= 0.3 is 18.0 Å². The summed E-state index contributed by atoms with van der Waals surface area (Å²) in [6.07, 6.45) is 4.79. The van der Waals surface area contributed by atoms with E-state index in [1.54, 1.807) is 84.0 Å². The Morgan fingerprint density at radius 2 is 1.23 bits per heavy atom. The molecular formula is C72H101N17O18. The van der Waals surface area contributed by atoms with E-state index in [4.69, 9.17) is 15.2 Å². The maximum absolute atomic E-state index is 15.2. The second-order valence-electron chi connectivity index (χ2n) is 26.5. The number of carbonyl (C=O) groups excluding carboxylic acids is 12. The molecule has 15 N–H and O–H groups in total. The molecule has 582 valence electrons. The van der Waals surface area contributed by atoms with Crippen molar-refractivity contribution in [3.63, 3.8) is 0 Å². The SMILES string of the molecule is CCCCCC[C@@H]1NC(=O)[C@H](Cc2ccc(CNC(=O)COCCOCCN)cc2)NC(=O)[C@H](Cc2ccccc2)N(C)C(=O)CNC(=O)CNC(=O)[C@H]2CCCN2C(=O)[C@H](CC(=O)O)NC(=O)[C@H](CCCCNC(=O)N2CCN(CC(=O)O)CC2)NC(=O)CNC(=O)[C@H](Cc2c[nH]c3ncccc23)NC1=O. The van der Waals surface area contributed by atoms with E-state index in [0.29, 0.717) is 72.4 Å². The van der Waals surface area contributed by atoms with Crippen LogP contribution in [0.25, 0.3) is 11.0 Å². The topological polar surface area (TPSA) is 486 Å². The van der Waals surface area contributed by atoms with Crippen molar-refractivity contribution in [1.29, 1.82) is 0 Å². The summed E-state index contributed by atoms with van der Waals surface area (Å²) in [5, 5.41) is 46.5. The van der Waals surface area contributed by atoms with E-state index in [0.717, 1.165) is 22.6 Å². The van der Waals surface area contributed by atoms with Crippen molar-refractivity contribution in [3.05, 3.63) is 101 Å². The maximum Gasteiger partial charge on any atom is 0.317 e. The summed E-state index contributed by atoms with van der Waals surface area (Å²) in [5.74, 6) is -11.7. The van der Waals surface area contributed by atoms with Crippen LogP contribution in [0.1, 0.15) is 99.8 Å². The molecular weight excluding hydrogens is 1390 g/mol. The van der Waals surface area contributed by atoms with Crippen LogP contribution >= 0.6 is 0 Å². The van der Waals surface area contributed by atoms with E-state index >= 15 is 14.4 Å². The van der Waals surface area contributed by atoms with Gasteiger partial charge < -0.3 is 98.3 Å². The maximum atomic E-state index is 15.2. The van der Waals surface area contributed by atoms with Crippen LogP contribution in [0.2, 0.25) is 0 Å². The molecule has 2 aromatic carbocycles. The van der Waals surface area contributed by atoms with Gasteiger partial charge in [-0.3, -0.25) is 67.2 Å². The van der Waals surface area contributed by atoms with Crippen LogP contribution in [-0.2, 0) is 97.6 Å². The molecule has 7 atom stereocenters. The number of likely N-dealkylation sites (N-methyl/N-ethyl adjacent to an activating group) is 1. The first-order valence-electron chi connectivity index (χ1n) is 36.2. The number of piperazine rings is 1. The lowest BCUT2D eigenvalue weighted by Gasteiger charge is -2.33. The van der Waals surface area contributed by atoms with Crippen LogP contribution in [0.3, 0.4) is 0 Å². The van der Waals surface area contributed by atoms with Gasteiger partial charge in [0.2, 0.25) is 65.0 Å². The Morgan fingerprint density at radius 3 is 1.94 bits per heavy atom. The number of carbonyl (C=O) groups is 14. The van der Waals surface area contributed by atoms with Crippen molar-refractivity contribution < 1.29 is 86.8 Å². The Bertz CT molecular complexity index is 3690. The van der Waals surface area contributed by atoms with E-state index in [9.17, 15) is 63.0 Å². The molecule has 13 amide bonds. The number of aromatic amines is 1. The van der Waals surface area contributed by atoms with Crippen LogP contribution in [0.5, 0.6) is 0 Å². The molecule has 2 aromatic heterocycles. The smallest absolute Gasteiger partial charge is 0.317 e. The number of fused-ring (bicyclic) bond motifs is 2. The van der Waals surface area contributed by atoms with Crippen molar-refractivity contribution in [2.75, 3.05) is 105 Å². The number of nitrogens with one attached hydrogen (secondary N) is 11. The van der Waals surface area contributed by atoms with Crippen molar-refractivity contribution >= 4 is 94.0 Å². The number of rotatable bonds is 29. The van der Waals surface area contributed by atoms with Gasteiger partial charge in [-0.1, -0.05) is 87.2 Å². The number of hydrogen-bond donors (Lipinski definition) is 14. The van der Waals surface area contributed by atoms with Crippen LogP contribution in [-0.4, -0.2) is 270 Å². The molecule has 0 spiro atoms. The highest BCUT2D eigenvalue weighted by molar-refractivity contribution is 5.99. The zero-order chi connectivity index (χ0) is 77.2. The first-order chi connectivity index (χ1) is 51.5. The molecule has 107 heavy (non-hydrogen) atoms. The third kappa shape index (κ3) is 27.7. The predicted octanol–water partition coefficient (Wildman–Crippen LogP) is -2.17. The number of aliphatic carboxylic acids is 2. The molecule has 0 unspecified atom stereocenters. The highest BCUT2D eigenvalue weighted by Crippen LogP contribution is 2.22. The number of carboxylic acids is 2. The number of ether oxygens (including phenoxy) is 2. The van der Waals surface area contributed by atoms with Gasteiger partial charge in [-0.05, 0) is 72.9 Å². The van der Waals surface area contributed by atoms with Crippen LogP contribution < -0.4 is 58.9 Å². The summed E-state index contributed by atoms with van der Waals surface area (Å²) in [6.45, 7) is 1.83. The minimum atomic E-state index is -1.81. The van der Waals surface area contributed by atoms with Gasteiger partial charge in [-0.25, -0.2) is 9.78 Å². The normalized spacial score (nSPS) is 21.2. The number of nitrogens with two attached hydrogens (primary N) is 1. The molecule has 3 aliphatic rings. The number of pyridine rings is 1. The first-order valence-corrected chi connectivity index (χ1v) is 36.2. The van der Waals surface area contributed by atoms with E-state index in [1.165, 1.54) is 11.9 Å². The average Bonchev–Trinajstić information content (AvgIpc) is 1.74. The Labute approximate surface area is 619 Å². The molecule has 3 saturated heterocycles. The number of carboxylic acid groups (broad SMARTS) is 2. The molecule has 4 aromatic rings. The second-order valence-corrected chi connectivity index (χ2v) is 26.5. The van der Waals surface area contributed by atoms with Gasteiger partial charge in [-0.15, -0.1) is 0 Å². The fourth-order valence-electron chi connectivity index (χ4n) is 12.5. The van der Waals surface area contributed by atoms with Crippen molar-refractivity contribution in [1.82, 2.24) is 82.7 Å². The molecule has 0 saturated carbocycles.